The Balaban J connectivity index is 1.57. The lowest BCUT2D eigenvalue weighted by Crippen LogP contribution is -2.36. The number of hydrogen-bond donors (Lipinski definition) is 0. The smallest absolute Gasteiger partial charge is 0.0726 e. The molecule has 3 rings (SSSR count). The van der Waals surface area contributed by atoms with Gasteiger partial charge in [0, 0.05) is 43.6 Å². The van der Waals surface area contributed by atoms with E-state index in [1.807, 2.05) is 19.3 Å². The van der Waals surface area contributed by atoms with Crippen LogP contribution in [-0.4, -0.2) is 32.9 Å². The van der Waals surface area contributed by atoms with Gasteiger partial charge in [0.05, 0.1) is 5.69 Å². The normalized spacial score (nSPS) is 19.6. The fourth-order valence-corrected chi connectivity index (χ4v) is 3.05. The number of pyridine rings is 1. The topological polar surface area (TPSA) is 41.9 Å². The van der Waals surface area contributed by atoms with Crippen LogP contribution in [0.3, 0.4) is 0 Å². The Bertz CT molecular complexity index is 553. The third-order valence-electron chi connectivity index (χ3n) is 4.10. The maximum absolute atomic E-state index is 4.40. The van der Waals surface area contributed by atoms with E-state index in [0.717, 1.165) is 36.8 Å². The summed E-state index contributed by atoms with van der Waals surface area (Å²) in [5.74, 6) is 0.722. The molecular weight excluding hydrogens is 260 g/mol. The van der Waals surface area contributed by atoms with Crippen LogP contribution in [-0.2, 0) is 13.0 Å². The molecule has 21 heavy (non-hydrogen) atoms. The zero-order valence-corrected chi connectivity index (χ0v) is 12.6. The van der Waals surface area contributed by atoms with Gasteiger partial charge in [-0.25, -0.2) is 0 Å². The van der Waals surface area contributed by atoms with Crippen LogP contribution in [0.2, 0.25) is 0 Å². The Morgan fingerprint density at radius 1 is 1.19 bits per heavy atom. The Hall–Kier alpha value is -1.81. The minimum Gasteiger partial charge on any atom is -0.297 e. The summed E-state index contributed by atoms with van der Waals surface area (Å²) in [6, 6.07) is 4.32. The number of piperidine rings is 1. The molecule has 0 bridgehead atoms. The highest BCUT2D eigenvalue weighted by Crippen LogP contribution is 2.21. The molecule has 1 saturated heterocycles. The molecule has 3 heterocycles. The molecule has 0 aliphatic carbocycles. The monoisotopic (exact) mass is 282 g/mol. The Morgan fingerprint density at radius 3 is 2.90 bits per heavy atom. The van der Waals surface area contributed by atoms with Gasteiger partial charge in [-0.15, -0.1) is 0 Å². The second kappa shape index (κ2) is 6.76. The lowest BCUT2D eigenvalue weighted by Gasteiger charge is -2.32. The second-order valence-corrected chi connectivity index (χ2v) is 5.95. The zero-order valence-electron chi connectivity index (χ0n) is 12.6. The van der Waals surface area contributed by atoms with Gasteiger partial charge >= 0.3 is 0 Å². The first-order valence-corrected chi connectivity index (χ1v) is 7.68. The van der Waals surface area contributed by atoms with Crippen LogP contribution in [0.4, 0.5) is 0 Å². The van der Waals surface area contributed by atoms with Gasteiger partial charge < -0.3 is 0 Å². The molecule has 4 heteroatoms. The molecule has 0 amide bonds. The number of rotatable bonds is 4. The van der Waals surface area contributed by atoms with E-state index in [1.165, 1.54) is 24.9 Å². The summed E-state index contributed by atoms with van der Waals surface area (Å²) in [5, 5.41) is 0. The van der Waals surface area contributed by atoms with E-state index in [4.69, 9.17) is 0 Å². The third-order valence-corrected chi connectivity index (χ3v) is 4.10. The summed E-state index contributed by atoms with van der Waals surface area (Å²) in [7, 11) is 0. The van der Waals surface area contributed by atoms with Crippen molar-refractivity contribution in [3.63, 3.8) is 0 Å². The van der Waals surface area contributed by atoms with Crippen molar-refractivity contribution in [1.82, 2.24) is 19.9 Å². The molecule has 0 spiro atoms. The van der Waals surface area contributed by atoms with Gasteiger partial charge in [-0.3, -0.25) is 19.9 Å². The van der Waals surface area contributed by atoms with E-state index in [9.17, 15) is 0 Å². The first-order chi connectivity index (χ1) is 10.3. The molecular formula is C17H22N4. The summed E-state index contributed by atoms with van der Waals surface area (Å²) in [5.41, 5.74) is 3.51. The van der Waals surface area contributed by atoms with Crippen LogP contribution >= 0.6 is 0 Å². The van der Waals surface area contributed by atoms with Crippen molar-refractivity contribution in [2.45, 2.75) is 32.7 Å². The highest BCUT2D eigenvalue weighted by molar-refractivity contribution is 5.14. The van der Waals surface area contributed by atoms with Crippen LogP contribution in [0.15, 0.2) is 36.9 Å². The van der Waals surface area contributed by atoms with Crippen LogP contribution in [0.1, 0.15) is 29.8 Å². The average Bonchev–Trinajstić information content (AvgIpc) is 2.51. The van der Waals surface area contributed by atoms with E-state index in [-0.39, 0.29) is 0 Å². The Kier molecular flexibility index (Phi) is 4.55. The van der Waals surface area contributed by atoms with Crippen molar-refractivity contribution in [2.75, 3.05) is 13.1 Å². The summed E-state index contributed by atoms with van der Waals surface area (Å²) in [6.45, 7) is 5.26. The number of nitrogens with zero attached hydrogens (tertiary/aromatic N) is 4. The highest BCUT2D eigenvalue weighted by Gasteiger charge is 2.20. The molecule has 0 N–H and O–H groups in total. The standard InChI is InChI=1S/C17H22N4/c1-14-4-5-15(10-20-14)9-16-3-2-8-21(12-16)13-17-11-18-6-7-19-17/h4-7,10-11,16H,2-3,8-9,12-13H2,1H3. The maximum Gasteiger partial charge on any atom is 0.0726 e. The second-order valence-electron chi connectivity index (χ2n) is 5.95. The largest absolute Gasteiger partial charge is 0.297 e. The molecule has 2 aromatic rings. The first kappa shape index (κ1) is 14.1. The molecule has 1 unspecified atom stereocenters. The number of aryl methyl sites for hydroxylation is 1. The number of likely N-dealkylation sites (tertiary alicyclic amines) is 1. The van der Waals surface area contributed by atoms with Crippen molar-refractivity contribution in [3.8, 4) is 0 Å². The lowest BCUT2D eigenvalue weighted by atomic mass is 9.92. The van der Waals surface area contributed by atoms with E-state index < -0.39 is 0 Å². The molecule has 1 aliphatic heterocycles. The van der Waals surface area contributed by atoms with Gasteiger partial charge in [0.1, 0.15) is 0 Å². The fraction of sp³-hybridized carbons (Fsp3) is 0.471. The van der Waals surface area contributed by atoms with Crippen molar-refractivity contribution >= 4 is 0 Å². The average molecular weight is 282 g/mol. The summed E-state index contributed by atoms with van der Waals surface area (Å²) in [6.07, 6.45) is 11.1. The summed E-state index contributed by atoms with van der Waals surface area (Å²) in [4.78, 5) is 15.4. The molecule has 1 aliphatic rings. The Labute approximate surface area is 126 Å². The molecule has 0 saturated carbocycles. The fourth-order valence-electron chi connectivity index (χ4n) is 3.05. The SMILES string of the molecule is Cc1ccc(CC2CCCN(Cc3cnccn3)C2)cn1. The predicted octanol–water partition coefficient (Wildman–Crippen LogP) is 2.63. The minimum atomic E-state index is 0.722. The molecule has 2 aromatic heterocycles. The number of hydrogen-bond acceptors (Lipinski definition) is 4. The van der Waals surface area contributed by atoms with Crippen LogP contribution in [0.25, 0.3) is 0 Å². The molecule has 0 aromatic carbocycles. The molecule has 110 valence electrons. The van der Waals surface area contributed by atoms with E-state index in [0.29, 0.717) is 0 Å². The molecule has 1 atom stereocenters. The van der Waals surface area contributed by atoms with Crippen LogP contribution in [0, 0.1) is 12.8 Å². The maximum atomic E-state index is 4.40. The Morgan fingerprint density at radius 2 is 2.14 bits per heavy atom. The van der Waals surface area contributed by atoms with Gasteiger partial charge in [-0.05, 0) is 50.3 Å². The first-order valence-electron chi connectivity index (χ1n) is 7.68. The van der Waals surface area contributed by atoms with Gasteiger partial charge in [0.15, 0.2) is 0 Å². The molecule has 1 fully saturated rings. The van der Waals surface area contributed by atoms with Crippen LogP contribution in [0.5, 0.6) is 0 Å². The molecule has 0 radical (unpaired) electrons. The van der Waals surface area contributed by atoms with Gasteiger partial charge in [0.25, 0.3) is 0 Å². The van der Waals surface area contributed by atoms with Crippen molar-refractivity contribution in [2.24, 2.45) is 5.92 Å². The van der Waals surface area contributed by atoms with Gasteiger partial charge in [0.2, 0.25) is 0 Å². The highest BCUT2D eigenvalue weighted by atomic mass is 15.1. The van der Waals surface area contributed by atoms with Crippen molar-refractivity contribution < 1.29 is 0 Å². The predicted molar refractivity (Wildman–Crippen MR) is 82.7 cm³/mol. The number of aromatic nitrogens is 3. The minimum absolute atomic E-state index is 0.722. The quantitative estimate of drug-likeness (QED) is 0.864. The van der Waals surface area contributed by atoms with Gasteiger partial charge in [-0.1, -0.05) is 6.07 Å². The van der Waals surface area contributed by atoms with E-state index in [2.05, 4.69) is 32.0 Å². The van der Waals surface area contributed by atoms with E-state index >= 15 is 0 Å². The van der Waals surface area contributed by atoms with Crippen molar-refractivity contribution in [3.05, 3.63) is 53.9 Å². The van der Waals surface area contributed by atoms with Crippen molar-refractivity contribution in [1.29, 1.82) is 0 Å². The van der Waals surface area contributed by atoms with Gasteiger partial charge in [-0.2, -0.15) is 0 Å². The summed E-state index contributed by atoms with van der Waals surface area (Å²) >= 11 is 0. The van der Waals surface area contributed by atoms with E-state index in [1.54, 1.807) is 12.4 Å². The third kappa shape index (κ3) is 4.08. The van der Waals surface area contributed by atoms with Crippen LogP contribution < -0.4 is 0 Å². The molecule has 4 nitrogen and oxygen atoms in total. The summed E-state index contributed by atoms with van der Waals surface area (Å²) < 4.78 is 0. The lowest BCUT2D eigenvalue weighted by molar-refractivity contribution is 0.165. The zero-order chi connectivity index (χ0) is 14.5.